The summed E-state index contributed by atoms with van der Waals surface area (Å²) in [6.45, 7) is 1.77. The van der Waals surface area contributed by atoms with E-state index < -0.39 is 17.3 Å². The van der Waals surface area contributed by atoms with Gasteiger partial charge in [0.25, 0.3) is 5.56 Å². The van der Waals surface area contributed by atoms with E-state index in [9.17, 15) is 18.0 Å². The van der Waals surface area contributed by atoms with Crippen LogP contribution in [0.2, 0.25) is 0 Å². The molecule has 3 nitrogen and oxygen atoms in total. The number of hydrogen-bond donors (Lipinski definition) is 1. The number of aromatic amines is 1. The van der Waals surface area contributed by atoms with E-state index in [2.05, 4.69) is 25.9 Å². The highest BCUT2D eigenvalue weighted by atomic mass is 79.9. The van der Waals surface area contributed by atoms with E-state index >= 15 is 0 Å². The van der Waals surface area contributed by atoms with Gasteiger partial charge >= 0.3 is 6.18 Å². The van der Waals surface area contributed by atoms with Crippen molar-refractivity contribution in [3.63, 3.8) is 0 Å². The van der Waals surface area contributed by atoms with Gasteiger partial charge in [-0.25, -0.2) is 4.98 Å². The molecule has 0 aliphatic carbocycles. The van der Waals surface area contributed by atoms with Crippen molar-refractivity contribution < 1.29 is 13.2 Å². The predicted molar refractivity (Wildman–Crippen MR) is 72.4 cm³/mol. The zero-order valence-corrected chi connectivity index (χ0v) is 12.0. The summed E-state index contributed by atoms with van der Waals surface area (Å²) in [6.07, 6.45) is -4.07. The Morgan fingerprint density at radius 1 is 1.30 bits per heavy atom. The third-order valence-electron chi connectivity index (χ3n) is 2.75. The monoisotopic (exact) mass is 346 g/mol. The largest absolute Gasteiger partial charge is 0.417 e. The Hall–Kier alpha value is -1.63. The molecule has 0 amide bonds. The smallest absolute Gasteiger partial charge is 0.306 e. The number of aromatic nitrogens is 2. The summed E-state index contributed by atoms with van der Waals surface area (Å²) in [5.41, 5.74) is -1.05. The van der Waals surface area contributed by atoms with E-state index in [4.69, 9.17) is 0 Å². The van der Waals surface area contributed by atoms with Crippen molar-refractivity contribution >= 4 is 15.9 Å². The molecule has 1 N–H and O–H groups in total. The van der Waals surface area contributed by atoms with Crippen LogP contribution in [0, 0.1) is 0 Å². The summed E-state index contributed by atoms with van der Waals surface area (Å²) < 4.78 is 39.1. The lowest BCUT2D eigenvalue weighted by atomic mass is 10.1. The Kier molecular flexibility index (Phi) is 3.99. The van der Waals surface area contributed by atoms with Crippen LogP contribution in [0.5, 0.6) is 0 Å². The van der Waals surface area contributed by atoms with Crippen molar-refractivity contribution in [1.82, 2.24) is 9.97 Å². The molecule has 1 aromatic heterocycles. The topological polar surface area (TPSA) is 45.8 Å². The van der Waals surface area contributed by atoms with Gasteiger partial charge in [0.1, 0.15) is 10.3 Å². The van der Waals surface area contributed by atoms with Crippen LogP contribution in [0.25, 0.3) is 11.4 Å². The quantitative estimate of drug-likeness (QED) is 0.899. The summed E-state index contributed by atoms with van der Waals surface area (Å²) in [5.74, 6) is -0.0806. The molecule has 0 saturated carbocycles. The highest BCUT2D eigenvalue weighted by molar-refractivity contribution is 9.10. The summed E-state index contributed by atoms with van der Waals surface area (Å²) in [7, 11) is 0. The maximum atomic E-state index is 13.0. The second kappa shape index (κ2) is 5.40. The minimum Gasteiger partial charge on any atom is -0.306 e. The maximum Gasteiger partial charge on any atom is 0.417 e. The minimum absolute atomic E-state index is 0.0806. The number of aryl methyl sites for hydroxylation is 1. The van der Waals surface area contributed by atoms with Crippen molar-refractivity contribution in [3.05, 3.63) is 50.3 Å². The van der Waals surface area contributed by atoms with E-state index in [1.54, 1.807) is 6.92 Å². The van der Waals surface area contributed by atoms with Crippen LogP contribution in [0.1, 0.15) is 18.2 Å². The number of nitrogens with zero attached hydrogens (tertiary/aromatic N) is 1. The SMILES string of the molecule is CCc1nc(-c2ccccc2C(F)(F)F)[nH]c(=O)c1Br. The van der Waals surface area contributed by atoms with E-state index in [1.165, 1.54) is 18.2 Å². The molecule has 2 rings (SSSR count). The number of hydrogen-bond acceptors (Lipinski definition) is 2. The van der Waals surface area contributed by atoms with E-state index in [0.29, 0.717) is 12.1 Å². The zero-order chi connectivity index (χ0) is 14.9. The average Bonchev–Trinajstić information content (AvgIpc) is 2.40. The van der Waals surface area contributed by atoms with Crippen LogP contribution >= 0.6 is 15.9 Å². The highest BCUT2D eigenvalue weighted by Crippen LogP contribution is 2.35. The second-order valence-electron chi connectivity index (χ2n) is 4.07. The normalized spacial score (nSPS) is 11.7. The van der Waals surface area contributed by atoms with Crippen molar-refractivity contribution in [2.75, 3.05) is 0 Å². The van der Waals surface area contributed by atoms with Gasteiger partial charge < -0.3 is 4.98 Å². The molecule has 0 atom stereocenters. The Morgan fingerprint density at radius 3 is 2.55 bits per heavy atom. The standard InChI is InChI=1S/C13H10BrF3N2O/c1-2-9-10(14)12(20)19-11(18-9)7-5-3-4-6-8(7)13(15,16)17/h3-6H,2H2,1H3,(H,18,19,20). The first kappa shape index (κ1) is 14.8. The lowest BCUT2D eigenvalue weighted by molar-refractivity contribution is -0.137. The predicted octanol–water partition coefficient (Wildman–Crippen LogP) is 3.78. The number of rotatable bonds is 2. The van der Waals surface area contributed by atoms with Gasteiger partial charge in [0.05, 0.1) is 11.3 Å². The second-order valence-corrected chi connectivity index (χ2v) is 4.87. The van der Waals surface area contributed by atoms with Crippen LogP contribution in [-0.2, 0) is 12.6 Å². The first-order valence-electron chi connectivity index (χ1n) is 5.80. The fraction of sp³-hybridized carbons (Fsp3) is 0.231. The van der Waals surface area contributed by atoms with Crippen LogP contribution in [0.3, 0.4) is 0 Å². The molecule has 2 aromatic rings. The third kappa shape index (κ3) is 2.77. The molecule has 0 radical (unpaired) electrons. The van der Waals surface area contributed by atoms with Gasteiger partial charge in [-0.05, 0) is 28.4 Å². The summed E-state index contributed by atoms with van der Waals surface area (Å²) in [4.78, 5) is 18.2. The lowest BCUT2D eigenvalue weighted by Gasteiger charge is -2.12. The van der Waals surface area contributed by atoms with E-state index in [0.717, 1.165) is 6.07 Å². The first-order chi connectivity index (χ1) is 9.34. The lowest BCUT2D eigenvalue weighted by Crippen LogP contribution is -2.15. The van der Waals surface area contributed by atoms with Crippen molar-refractivity contribution in [3.8, 4) is 11.4 Å². The third-order valence-corrected chi connectivity index (χ3v) is 3.57. The molecular weight excluding hydrogens is 337 g/mol. The number of nitrogens with one attached hydrogen (secondary N) is 1. The molecule has 0 aliphatic rings. The van der Waals surface area contributed by atoms with Gasteiger partial charge in [0.15, 0.2) is 0 Å². The van der Waals surface area contributed by atoms with E-state index in [-0.39, 0.29) is 15.9 Å². The molecule has 1 aromatic carbocycles. The van der Waals surface area contributed by atoms with Crippen LogP contribution in [0.15, 0.2) is 33.5 Å². The maximum absolute atomic E-state index is 13.0. The fourth-order valence-corrected chi connectivity index (χ4v) is 2.27. The number of alkyl halides is 3. The molecule has 0 aliphatic heterocycles. The molecule has 0 saturated heterocycles. The van der Waals surface area contributed by atoms with Gasteiger partial charge in [-0.15, -0.1) is 0 Å². The van der Waals surface area contributed by atoms with E-state index in [1.807, 2.05) is 0 Å². The van der Waals surface area contributed by atoms with Gasteiger partial charge in [0.2, 0.25) is 0 Å². The van der Waals surface area contributed by atoms with Gasteiger partial charge in [0, 0.05) is 5.56 Å². The van der Waals surface area contributed by atoms with Crippen LogP contribution in [0.4, 0.5) is 13.2 Å². The van der Waals surface area contributed by atoms with Crippen LogP contribution < -0.4 is 5.56 Å². The van der Waals surface area contributed by atoms with Gasteiger partial charge in [-0.2, -0.15) is 13.2 Å². The molecule has 0 bridgehead atoms. The highest BCUT2D eigenvalue weighted by Gasteiger charge is 2.34. The van der Waals surface area contributed by atoms with Crippen molar-refractivity contribution in [2.45, 2.75) is 19.5 Å². The Bertz CT molecular complexity index is 695. The Labute approximate surface area is 121 Å². The fourth-order valence-electron chi connectivity index (χ4n) is 1.80. The molecular formula is C13H10BrF3N2O. The first-order valence-corrected chi connectivity index (χ1v) is 6.59. The number of H-pyrrole nitrogens is 1. The average molecular weight is 347 g/mol. The van der Waals surface area contributed by atoms with Crippen LogP contribution in [-0.4, -0.2) is 9.97 Å². The minimum atomic E-state index is -4.51. The Morgan fingerprint density at radius 2 is 1.95 bits per heavy atom. The van der Waals surface area contributed by atoms with Crippen molar-refractivity contribution in [2.24, 2.45) is 0 Å². The molecule has 0 fully saturated rings. The molecule has 7 heteroatoms. The zero-order valence-electron chi connectivity index (χ0n) is 10.4. The molecule has 0 unspecified atom stereocenters. The molecule has 106 valence electrons. The molecule has 0 spiro atoms. The molecule has 1 heterocycles. The number of benzene rings is 1. The van der Waals surface area contributed by atoms with Gasteiger partial charge in [-0.1, -0.05) is 25.1 Å². The van der Waals surface area contributed by atoms with Crippen molar-refractivity contribution in [1.29, 1.82) is 0 Å². The summed E-state index contributed by atoms with van der Waals surface area (Å²) in [5, 5.41) is 0. The number of halogens is 4. The Balaban J connectivity index is 2.70. The molecule has 20 heavy (non-hydrogen) atoms. The summed E-state index contributed by atoms with van der Waals surface area (Å²) in [6, 6.07) is 5.01. The van der Waals surface area contributed by atoms with Gasteiger partial charge in [-0.3, -0.25) is 4.79 Å². The summed E-state index contributed by atoms with van der Waals surface area (Å²) >= 11 is 3.08.